The molecule has 78 valence electrons. The Morgan fingerprint density at radius 3 is 2.80 bits per heavy atom. The lowest BCUT2D eigenvalue weighted by Crippen LogP contribution is -1.85. The van der Waals surface area contributed by atoms with Gasteiger partial charge in [0, 0.05) is 6.07 Å². The van der Waals surface area contributed by atoms with Crippen molar-refractivity contribution in [1.82, 2.24) is 5.16 Å². The molecular formula is C10H6Cl2FNO. The molecule has 2 rings (SSSR count). The molecule has 0 spiro atoms. The maximum Gasteiger partial charge on any atom is 0.152 e. The molecule has 15 heavy (non-hydrogen) atoms. The Bertz CT molecular complexity index is 464. The number of aromatic nitrogens is 1. The molecule has 0 saturated heterocycles. The lowest BCUT2D eigenvalue weighted by Gasteiger charge is -2.00. The predicted molar refractivity (Wildman–Crippen MR) is 56.5 cm³/mol. The molecule has 2 nitrogen and oxygen atoms in total. The fourth-order valence-corrected chi connectivity index (χ4v) is 1.62. The third-order valence-corrected chi connectivity index (χ3v) is 2.49. The van der Waals surface area contributed by atoms with Gasteiger partial charge in [0.2, 0.25) is 0 Å². The minimum absolute atomic E-state index is 0.194. The average molecular weight is 246 g/mol. The SMILES string of the molecule is Fc1cccc(Cl)c1-c1cc(CCl)on1. The molecule has 5 heteroatoms. The van der Waals surface area contributed by atoms with Crippen LogP contribution >= 0.6 is 23.2 Å². The van der Waals surface area contributed by atoms with Crippen molar-refractivity contribution in [3.8, 4) is 11.3 Å². The van der Waals surface area contributed by atoms with Gasteiger partial charge in [-0.2, -0.15) is 0 Å². The Labute approximate surface area is 95.6 Å². The van der Waals surface area contributed by atoms with E-state index in [2.05, 4.69) is 5.16 Å². The van der Waals surface area contributed by atoms with Crippen molar-refractivity contribution in [1.29, 1.82) is 0 Å². The Morgan fingerprint density at radius 2 is 2.20 bits per heavy atom. The van der Waals surface area contributed by atoms with Crippen LogP contribution in [0.1, 0.15) is 5.76 Å². The molecule has 0 atom stereocenters. The number of rotatable bonds is 2. The summed E-state index contributed by atoms with van der Waals surface area (Å²) < 4.78 is 18.3. The van der Waals surface area contributed by atoms with E-state index in [1.54, 1.807) is 12.1 Å². The van der Waals surface area contributed by atoms with Crippen molar-refractivity contribution in [3.05, 3.63) is 40.9 Å². The first kappa shape index (κ1) is 10.5. The monoisotopic (exact) mass is 245 g/mol. The maximum absolute atomic E-state index is 13.5. The van der Waals surface area contributed by atoms with E-state index in [4.69, 9.17) is 27.7 Å². The van der Waals surface area contributed by atoms with E-state index in [-0.39, 0.29) is 11.4 Å². The van der Waals surface area contributed by atoms with Gasteiger partial charge in [-0.05, 0) is 12.1 Å². The second-order valence-electron chi connectivity index (χ2n) is 2.91. The van der Waals surface area contributed by atoms with Gasteiger partial charge in [0.15, 0.2) is 5.76 Å². The summed E-state index contributed by atoms with van der Waals surface area (Å²) in [6, 6.07) is 6.01. The molecule has 0 aliphatic heterocycles. The van der Waals surface area contributed by atoms with Crippen LogP contribution in [0, 0.1) is 5.82 Å². The number of nitrogens with zero attached hydrogens (tertiary/aromatic N) is 1. The van der Waals surface area contributed by atoms with Crippen LogP contribution in [-0.4, -0.2) is 5.16 Å². The summed E-state index contributed by atoms with van der Waals surface area (Å²) in [4.78, 5) is 0. The molecule has 0 radical (unpaired) electrons. The lowest BCUT2D eigenvalue weighted by atomic mass is 10.1. The third kappa shape index (κ3) is 1.98. The fourth-order valence-electron chi connectivity index (χ4n) is 1.24. The van der Waals surface area contributed by atoms with Crippen molar-refractivity contribution < 1.29 is 8.91 Å². The summed E-state index contributed by atoms with van der Waals surface area (Å²) in [6.45, 7) is 0. The van der Waals surface area contributed by atoms with Gasteiger partial charge in [-0.25, -0.2) is 4.39 Å². The van der Waals surface area contributed by atoms with E-state index in [0.717, 1.165) is 0 Å². The molecule has 0 unspecified atom stereocenters. The second-order valence-corrected chi connectivity index (χ2v) is 3.58. The van der Waals surface area contributed by atoms with E-state index >= 15 is 0 Å². The van der Waals surface area contributed by atoms with Gasteiger partial charge in [0.1, 0.15) is 11.5 Å². The standard InChI is InChI=1S/C10H6Cl2FNO/c11-5-6-4-9(14-15-6)10-7(12)2-1-3-8(10)13/h1-4H,5H2. The Hall–Kier alpha value is -1.06. The van der Waals surface area contributed by atoms with Crippen LogP contribution in [0.3, 0.4) is 0 Å². The molecule has 1 aromatic carbocycles. The number of hydrogen-bond acceptors (Lipinski definition) is 2. The summed E-state index contributed by atoms with van der Waals surface area (Å²) in [5.41, 5.74) is 0.591. The van der Waals surface area contributed by atoms with Gasteiger partial charge in [0.25, 0.3) is 0 Å². The van der Waals surface area contributed by atoms with E-state index < -0.39 is 5.82 Å². The minimum Gasteiger partial charge on any atom is -0.359 e. The van der Waals surface area contributed by atoms with Crippen molar-refractivity contribution >= 4 is 23.2 Å². The highest BCUT2D eigenvalue weighted by molar-refractivity contribution is 6.33. The van der Waals surface area contributed by atoms with E-state index in [1.807, 2.05) is 0 Å². The van der Waals surface area contributed by atoms with Gasteiger partial charge >= 0.3 is 0 Å². The molecule has 1 aromatic heterocycles. The number of halogens is 3. The second kappa shape index (κ2) is 4.21. The molecule has 0 saturated carbocycles. The van der Waals surface area contributed by atoms with E-state index in [9.17, 15) is 4.39 Å². The first-order chi connectivity index (χ1) is 7.22. The minimum atomic E-state index is -0.433. The fraction of sp³-hybridized carbons (Fsp3) is 0.100. The largest absolute Gasteiger partial charge is 0.359 e. The van der Waals surface area contributed by atoms with Crippen molar-refractivity contribution in [2.75, 3.05) is 0 Å². The quantitative estimate of drug-likeness (QED) is 0.751. The zero-order valence-electron chi connectivity index (χ0n) is 7.51. The molecule has 0 amide bonds. The van der Waals surface area contributed by atoms with Crippen LogP contribution in [0.2, 0.25) is 5.02 Å². The lowest BCUT2D eigenvalue weighted by molar-refractivity contribution is 0.396. The molecular weight excluding hydrogens is 240 g/mol. The molecule has 0 bridgehead atoms. The first-order valence-electron chi connectivity index (χ1n) is 4.18. The highest BCUT2D eigenvalue weighted by Crippen LogP contribution is 2.30. The van der Waals surface area contributed by atoms with Crippen LogP contribution in [-0.2, 0) is 5.88 Å². The predicted octanol–water partition coefficient (Wildman–Crippen LogP) is 3.87. The van der Waals surface area contributed by atoms with Crippen LogP contribution < -0.4 is 0 Å². The van der Waals surface area contributed by atoms with E-state index in [0.29, 0.717) is 16.5 Å². The molecule has 2 aromatic rings. The number of alkyl halides is 1. The Balaban J connectivity index is 2.53. The zero-order chi connectivity index (χ0) is 10.8. The van der Waals surface area contributed by atoms with E-state index in [1.165, 1.54) is 12.1 Å². The summed E-state index contributed by atoms with van der Waals surface area (Å²) >= 11 is 11.4. The molecule has 0 fully saturated rings. The van der Waals surface area contributed by atoms with Crippen LogP contribution in [0.25, 0.3) is 11.3 Å². The van der Waals surface area contributed by atoms with Gasteiger partial charge in [-0.1, -0.05) is 22.8 Å². The van der Waals surface area contributed by atoms with Crippen molar-refractivity contribution in [2.24, 2.45) is 0 Å². The van der Waals surface area contributed by atoms with Gasteiger partial charge < -0.3 is 4.52 Å². The third-order valence-electron chi connectivity index (χ3n) is 1.91. The average Bonchev–Trinajstić information content (AvgIpc) is 2.66. The Kier molecular flexibility index (Phi) is 2.93. The van der Waals surface area contributed by atoms with Gasteiger partial charge in [-0.15, -0.1) is 11.6 Å². The molecule has 0 N–H and O–H groups in total. The maximum atomic E-state index is 13.5. The van der Waals surface area contributed by atoms with Gasteiger partial charge in [-0.3, -0.25) is 0 Å². The molecule has 0 aliphatic carbocycles. The van der Waals surface area contributed by atoms with Crippen LogP contribution in [0.4, 0.5) is 4.39 Å². The first-order valence-corrected chi connectivity index (χ1v) is 5.09. The molecule has 0 aliphatic rings. The number of benzene rings is 1. The summed E-state index contributed by atoms with van der Waals surface area (Å²) in [5.74, 6) is 0.238. The smallest absolute Gasteiger partial charge is 0.152 e. The topological polar surface area (TPSA) is 26.0 Å². The molecule has 1 heterocycles. The highest BCUT2D eigenvalue weighted by atomic mass is 35.5. The summed E-state index contributed by atoms with van der Waals surface area (Å²) in [6.07, 6.45) is 0. The number of hydrogen-bond donors (Lipinski definition) is 0. The zero-order valence-corrected chi connectivity index (χ0v) is 9.02. The summed E-state index contributed by atoms with van der Waals surface area (Å²) in [5, 5.41) is 3.99. The normalized spacial score (nSPS) is 10.6. The summed E-state index contributed by atoms with van der Waals surface area (Å²) in [7, 11) is 0. The van der Waals surface area contributed by atoms with Crippen LogP contribution in [0.15, 0.2) is 28.8 Å². The van der Waals surface area contributed by atoms with Crippen molar-refractivity contribution in [2.45, 2.75) is 5.88 Å². The van der Waals surface area contributed by atoms with Gasteiger partial charge in [0.05, 0.1) is 16.5 Å². The van der Waals surface area contributed by atoms with Crippen molar-refractivity contribution in [3.63, 3.8) is 0 Å². The Morgan fingerprint density at radius 1 is 1.40 bits per heavy atom. The highest BCUT2D eigenvalue weighted by Gasteiger charge is 2.13. The van der Waals surface area contributed by atoms with Crippen LogP contribution in [0.5, 0.6) is 0 Å².